The third-order valence-electron chi connectivity index (χ3n) is 12.0. The van der Waals surface area contributed by atoms with Crippen LogP contribution >= 0.6 is 31.9 Å². The first-order valence-corrected chi connectivity index (χ1v) is 22.7. The summed E-state index contributed by atoms with van der Waals surface area (Å²) in [7, 11) is 0. The molecule has 0 aliphatic heterocycles. The van der Waals surface area contributed by atoms with Crippen LogP contribution in [0, 0.1) is 0 Å². The zero-order valence-corrected chi connectivity index (χ0v) is 36.6. The topological polar surface area (TPSA) is 21.7 Å². The second-order valence-electron chi connectivity index (χ2n) is 15.8. The van der Waals surface area contributed by atoms with Crippen LogP contribution in [0.3, 0.4) is 0 Å². The van der Waals surface area contributed by atoms with E-state index in [1.54, 1.807) is 0 Å². The van der Waals surface area contributed by atoms with Crippen LogP contribution in [0.5, 0.6) is 5.75 Å². The molecule has 0 bridgehead atoms. The van der Waals surface area contributed by atoms with Gasteiger partial charge in [0.25, 0.3) is 0 Å². The number of anilines is 3. The number of fused-ring (bicyclic) bond motifs is 10. The van der Waals surface area contributed by atoms with Crippen LogP contribution in [-0.4, -0.2) is 13.2 Å². The maximum Gasteiger partial charge on any atom is 0.119 e. The quantitative estimate of drug-likeness (QED) is 0.0850. The van der Waals surface area contributed by atoms with Crippen LogP contribution < -0.4 is 9.64 Å². The number of benzene rings is 7. The maximum absolute atomic E-state index is 6.49. The van der Waals surface area contributed by atoms with Crippen molar-refractivity contribution in [2.45, 2.75) is 63.4 Å². The molecule has 59 heavy (non-hydrogen) atoms. The lowest BCUT2D eigenvalue weighted by molar-refractivity contribution is 0.116. The molecule has 0 saturated carbocycles. The first-order valence-electron chi connectivity index (χ1n) is 21.2. The van der Waals surface area contributed by atoms with Crippen molar-refractivity contribution in [3.63, 3.8) is 0 Å². The van der Waals surface area contributed by atoms with Gasteiger partial charge in [0, 0.05) is 32.6 Å². The largest absolute Gasteiger partial charge is 0.494 e. The van der Waals surface area contributed by atoms with E-state index in [4.69, 9.17) is 9.47 Å². The molecule has 5 heteroatoms. The van der Waals surface area contributed by atoms with Gasteiger partial charge in [-0.15, -0.1) is 0 Å². The average Bonchev–Trinajstić information content (AvgIpc) is 3.72. The van der Waals surface area contributed by atoms with Gasteiger partial charge in [0.1, 0.15) is 5.75 Å². The van der Waals surface area contributed by atoms with Gasteiger partial charge in [-0.1, -0.05) is 161 Å². The molecule has 0 fully saturated rings. The Kier molecular flexibility index (Phi) is 12.1. The van der Waals surface area contributed by atoms with E-state index in [1.165, 1.54) is 88.6 Å². The summed E-state index contributed by atoms with van der Waals surface area (Å²) in [5.74, 6) is 0.952. The van der Waals surface area contributed by atoms with E-state index < -0.39 is 5.41 Å². The molecule has 0 aromatic heterocycles. The Labute approximate surface area is 366 Å². The zero-order chi connectivity index (χ0) is 40.0. The molecule has 0 amide bonds. The molecule has 296 valence electrons. The van der Waals surface area contributed by atoms with Gasteiger partial charge in [-0.05, 0) is 136 Å². The third-order valence-corrected chi connectivity index (χ3v) is 13.0. The van der Waals surface area contributed by atoms with E-state index in [9.17, 15) is 0 Å². The van der Waals surface area contributed by atoms with Gasteiger partial charge in [0.05, 0.1) is 18.6 Å². The minimum atomic E-state index is -0.392. The smallest absolute Gasteiger partial charge is 0.119 e. The van der Waals surface area contributed by atoms with Gasteiger partial charge in [-0.25, -0.2) is 0 Å². The van der Waals surface area contributed by atoms with Crippen LogP contribution in [-0.2, 0) is 16.8 Å². The van der Waals surface area contributed by atoms with Crippen molar-refractivity contribution >= 4 is 48.9 Å². The molecule has 2 aliphatic rings. The number of rotatable bonds is 17. The molecule has 1 spiro atoms. The fourth-order valence-electron chi connectivity index (χ4n) is 9.29. The van der Waals surface area contributed by atoms with Gasteiger partial charge in [-0.2, -0.15) is 0 Å². The van der Waals surface area contributed by atoms with Gasteiger partial charge in [0.15, 0.2) is 0 Å². The van der Waals surface area contributed by atoms with Crippen LogP contribution in [0.1, 0.15) is 79.2 Å². The maximum atomic E-state index is 6.49. The van der Waals surface area contributed by atoms with Crippen molar-refractivity contribution in [1.82, 2.24) is 0 Å². The van der Waals surface area contributed by atoms with E-state index in [1.807, 2.05) is 0 Å². The predicted octanol–water partition coefficient (Wildman–Crippen LogP) is 15.7. The number of hydrogen-bond donors (Lipinski definition) is 0. The lowest BCUT2D eigenvalue weighted by atomic mass is 9.70. The Morgan fingerprint density at radius 1 is 0.407 bits per heavy atom. The lowest BCUT2D eigenvalue weighted by Crippen LogP contribution is -2.26. The Morgan fingerprint density at radius 2 is 0.881 bits per heavy atom. The number of para-hydroxylation sites is 2. The van der Waals surface area contributed by atoms with Gasteiger partial charge < -0.3 is 14.4 Å². The van der Waals surface area contributed by atoms with E-state index in [2.05, 4.69) is 201 Å². The van der Waals surface area contributed by atoms with E-state index >= 15 is 0 Å². The molecule has 0 N–H and O–H groups in total. The fourth-order valence-corrected chi connectivity index (χ4v) is 10.0. The van der Waals surface area contributed by atoms with Crippen LogP contribution in [0.15, 0.2) is 173 Å². The Morgan fingerprint density at radius 3 is 1.49 bits per heavy atom. The third kappa shape index (κ3) is 8.05. The van der Waals surface area contributed by atoms with Crippen LogP contribution in [0.25, 0.3) is 22.3 Å². The molecular formula is C54H49Br2NO2. The summed E-state index contributed by atoms with van der Waals surface area (Å²) in [6.45, 7) is 2.20. The molecule has 0 saturated heterocycles. The van der Waals surface area contributed by atoms with E-state index in [0.29, 0.717) is 6.61 Å². The summed E-state index contributed by atoms with van der Waals surface area (Å²) in [4.78, 5) is 2.29. The van der Waals surface area contributed by atoms with Crippen LogP contribution in [0.2, 0.25) is 0 Å². The second-order valence-corrected chi connectivity index (χ2v) is 17.6. The first kappa shape index (κ1) is 39.5. The van der Waals surface area contributed by atoms with Gasteiger partial charge in [-0.3, -0.25) is 0 Å². The van der Waals surface area contributed by atoms with Crippen molar-refractivity contribution in [2.75, 3.05) is 18.1 Å². The lowest BCUT2D eigenvalue weighted by Gasteiger charge is -2.31. The molecule has 3 nitrogen and oxygen atoms in total. The standard InChI is InChI=1S/C54H49Br2NO2/c55-40-25-30-47-48-31-26-41(56)36-52(48)54(51(47)35-40)50-22-14-13-21-46(50)49-32-29-45(37-53(49)54)59-34-16-6-4-2-1-3-5-15-33-58-38-39-23-27-44(28-24-39)57(42-17-9-7-10-18-42)43-19-11-8-12-20-43/h7-14,17-32,35-37H,1-6,15-16,33-34,38H2. The van der Waals surface area contributed by atoms with E-state index in [-0.39, 0.29) is 0 Å². The second kappa shape index (κ2) is 18.1. The highest BCUT2D eigenvalue weighted by molar-refractivity contribution is 9.10. The summed E-state index contributed by atoms with van der Waals surface area (Å²) in [5.41, 5.74) is 14.7. The van der Waals surface area contributed by atoms with Crippen molar-refractivity contribution in [3.8, 4) is 28.0 Å². The zero-order valence-electron chi connectivity index (χ0n) is 33.4. The molecular weight excluding hydrogens is 854 g/mol. The number of unbranched alkanes of at least 4 members (excludes halogenated alkanes) is 7. The molecule has 0 atom stereocenters. The number of hydrogen-bond acceptors (Lipinski definition) is 3. The SMILES string of the molecule is Brc1ccc2c(c1)C1(c3ccccc3-c3ccc(OCCCCCCCCCCOCc4ccc(N(c5ccccc5)c5ccccc5)cc4)cc31)c1cc(Br)ccc1-2. The number of ether oxygens (including phenoxy) is 2. The highest BCUT2D eigenvalue weighted by Gasteiger charge is 2.52. The van der Waals surface area contributed by atoms with Crippen molar-refractivity contribution in [1.29, 1.82) is 0 Å². The Balaban J connectivity index is 0.711. The first-order chi connectivity index (χ1) is 29.1. The van der Waals surface area contributed by atoms with Crippen molar-refractivity contribution in [3.05, 3.63) is 201 Å². The molecule has 0 heterocycles. The van der Waals surface area contributed by atoms with Crippen LogP contribution in [0.4, 0.5) is 17.1 Å². The fraction of sp³-hybridized carbons (Fsp3) is 0.222. The average molecular weight is 904 g/mol. The molecule has 9 rings (SSSR count). The number of nitrogens with zero attached hydrogens (tertiary/aromatic N) is 1. The highest BCUT2D eigenvalue weighted by atomic mass is 79.9. The summed E-state index contributed by atoms with van der Waals surface area (Å²) >= 11 is 7.62. The molecule has 7 aromatic rings. The Bertz CT molecular complexity index is 2430. The molecule has 7 aromatic carbocycles. The molecule has 2 aliphatic carbocycles. The summed E-state index contributed by atoms with van der Waals surface area (Å²) in [6.07, 6.45) is 9.67. The highest BCUT2D eigenvalue weighted by Crippen LogP contribution is 2.63. The summed E-state index contributed by atoms with van der Waals surface area (Å²) in [5, 5.41) is 0. The van der Waals surface area contributed by atoms with Crippen molar-refractivity contribution < 1.29 is 9.47 Å². The predicted molar refractivity (Wildman–Crippen MR) is 251 cm³/mol. The summed E-state index contributed by atoms with van der Waals surface area (Å²) < 4.78 is 14.8. The summed E-state index contributed by atoms with van der Waals surface area (Å²) in [6, 6.07) is 59.0. The van der Waals surface area contributed by atoms with Gasteiger partial charge in [0.2, 0.25) is 0 Å². The molecule has 0 radical (unpaired) electrons. The van der Waals surface area contributed by atoms with Gasteiger partial charge >= 0.3 is 0 Å². The Hall–Kier alpha value is -4.94. The monoisotopic (exact) mass is 901 g/mol. The number of halogens is 2. The van der Waals surface area contributed by atoms with E-state index in [0.717, 1.165) is 57.8 Å². The molecule has 0 unspecified atom stereocenters. The minimum Gasteiger partial charge on any atom is -0.494 e. The minimum absolute atomic E-state index is 0.392. The van der Waals surface area contributed by atoms with Crippen molar-refractivity contribution in [2.24, 2.45) is 0 Å². The normalized spacial score (nSPS) is 12.8.